The zero-order valence-corrected chi connectivity index (χ0v) is 12.1. The zero-order valence-electron chi connectivity index (χ0n) is 11.3. The third-order valence-electron chi connectivity index (χ3n) is 3.49. The Labute approximate surface area is 125 Å². The Morgan fingerprint density at radius 2 is 1.86 bits per heavy atom. The third-order valence-corrected chi connectivity index (χ3v) is 4.48. The maximum Gasteiger partial charge on any atom is 0.307 e. The highest BCUT2D eigenvalue weighted by atomic mass is 32.1. The highest BCUT2D eigenvalue weighted by Gasteiger charge is 2.13. The number of aryl methyl sites for hydroxylation is 1. The van der Waals surface area contributed by atoms with Crippen LogP contribution in [-0.4, -0.2) is 9.67 Å². The van der Waals surface area contributed by atoms with Gasteiger partial charge in [-0.25, -0.2) is 0 Å². The molecule has 5 heteroatoms. The molecule has 2 aromatic carbocycles. The number of fused-ring (bicyclic) bond motifs is 1. The number of rotatable bonds is 2. The molecule has 0 amide bonds. The summed E-state index contributed by atoms with van der Waals surface area (Å²) in [6, 6.07) is 14.4. The predicted octanol–water partition coefficient (Wildman–Crippen LogP) is 2.55. The lowest BCUT2D eigenvalue weighted by Gasteiger charge is -2.11. The summed E-state index contributed by atoms with van der Waals surface area (Å²) in [5.41, 5.74) is 2.87. The van der Waals surface area contributed by atoms with Gasteiger partial charge in [0.25, 0.3) is 0 Å². The van der Waals surface area contributed by atoms with Gasteiger partial charge in [0.1, 0.15) is 6.10 Å². The molecular weight excluding hydrogens is 284 g/mol. The molecule has 1 heterocycles. The predicted molar refractivity (Wildman–Crippen MR) is 82.3 cm³/mol. The standard InChI is InChI=1S/C16H12N2O2S/c1-18-13-7-6-12(8-14(13)21-16(18)20)15(19)11-4-2-10(9-17)3-5-11/h2-8,15,19H,1H3. The molecule has 0 aliphatic carbocycles. The smallest absolute Gasteiger partial charge is 0.307 e. The van der Waals surface area contributed by atoms with Gasteiger partial charge in [-0.3, -0.25) is 4.79 Å². The highest BCUT2D eigenvalue weighted by molar-refractivity contribution is 7.16. The molecular formula is C16H12N2O2S. The lowest BCUT2D eigenvalue weighted by Crippen LogP contribution is -2.06. The van der Waals surface area contributed by atoms with E-state index < -0.39 is 6.10 Å². The van der Waals surface area contributed by atoms with Crippen LogP contribution in [0.1, 0.15) is 22.8 Å². The van der Waals surface area contributed by atoms with Crippen molar-refractivity contribution < 1.29 is 5.11 Å². The molecule has 0 fully saturated rings. The number of aliphatic hydroxyl groups excluding tert-OH is 1. The first-order chi connectivity index (χ1) is 10.1. The van der Waals surface area contributed by atoms with Gasteiger partial charge >= 0.3 is 4.87 Å². The first-order valence-electron chi connectivity index (χ1n) is 6.38. The summed E-state index contributed by atoms with van der Waals surface area (Å²) in [5.74, 6) is 0. The normalized spacial score (nSPS) is 12.2. The molecule has 0 saturated heterocycles. The van der Waals surface area contributed by atoms with Gasteiger partial charge in [-0.15, -0.1) is 0 Å². The van der Waals surface area contributed by atoms with Gasteiger partial charge < -0.3 is 9.67 Å². The number of aliphatic hydroxyl groups is 1. The van der Waals surface area contributed by atoms with Crippen molar-refractivity contribution in [1.29, 1.82) is 5.26 Å². The van der Waals surface area contributed by atoms with Crippen LogP contribution in [0.5, 0.6) is 0 Å². The van der Waals surface area contributed by atoms with E-state index in [4.69, 9.17) is 5.26 Å². The first-order valence-corrected chi connectivity index (χ1v) is 7.19. The number of thiazole rings is 1. The summed E-state index contributed by atoms with van der Waals surface area (Å²) in [6.07, 6.45) is -0.773. The van der Waals surface area contributed by atoms with E-state index in [9.17, 15) is 9.90 Å². The third kappa shape index (κ3) is 2.35. The van der Waals surface area contributed by atoms with Crippen molar-refractivity contribution >= 4 is 21.6 Å². The van der Waals surface area contributed by atoms with E-state index >= 15 is 0 Å². The van der Waals surface area contributed by atoms with Crippen LogP contribution in [-0.2, 0) is 7.05 Å². The number of aromatic nitrogens is 1. The summed E-state index contributed by atoms with van der Waals surface area (Å²) in [7, 11) is 1.73. The fourth-order valence-corrected chi connectivity index (χ4v) is 3.18. The average Bonchev–Trinajstić information content (AvgIpc) is 2.81. The minimum atomic E-state index is -0.773. The van der Waals surface area contributed by atoms with Crippen LogP contribution in [0, 0.1) is 11.3 Å². The van der Waals surface area contributed by atoms with E-state index in [-0.39, 0.29) is 4.87 Å². The van der Waals surface area contributed by atoms with Crippen molar-refractivity contribution in [3.63, 3.8) is 0 Å². The Kier molecular flexibility index (Phi) is 3.34. The second-order valence-electron chi connectivity index (χ2n) is 4.79. The Hall–Kier alpha value is -2.42. The van der Waals surface area contributed by atoms with E-state index in [0.29, 0.717) is 5.56 Å². The highest BCUT2D eigenvalue weighted by Crippen LogP contribution is 2.26. The van der Waals surface area contributed by atoms with Gasteiger partial charge in [0, 0.05) is 7.05 Å². The number of hydrogen-bond donors (Lipinski definition) is 1. The Morgan fingerprint density at radius 1 is 1.19 bits per heavy atom. The van der Waals surface area contributed by atoms with E-state index in [1.165, 1.54) is 0 Å². The van der Waals surface area contributed by atoms with Crippen molar-refractivity contribution in [1.82, 2.24) is 4.57 Å². The molecule has 1 aromatic heterocycles. The van der Waals surface area contributed by atoms with Crippen molar-refractivity contribution in [2.45, 2.75) is 6.10 Å². The van der Waals surface area contributed by atoms with Crippen LogP contribution < -0.4 is 4.87 Å². The monoisotopic (exact) mass is 296 g/mol. The lowest BCUT2D eigenvalue weighted by molar-refractivity contribution is 0.220. The van der Waals surface area contributed by atoms with Gasteiger partial charge in [-0.05, 0) is 35.4 Å². The molecule has 1 atom stereocenters. The Bertz CT molecular complexity index is 901. The molecule has 104 valence electrons. The van der Waals surface area contributed by atoms with E-state index in [1.54, 1.807) is 35.9 Å². The van der Waals surface area contributed by atoms with E-state index in [2.05, 4.69) is 0 Å². The molecule has 3 rings (SSSR count). The minimum absolute atomic E-state index is 0.0185. The number of nitrogens with zero attached hydrogens (tertiary/aromatic N) is 2. The number of nitriles is 1. The first kappa shape index (κ1) is 13.6. The summed E-state index contributed by atoms with van der Waals surface area (Å²) in [4.78, 5) is 11.6. The maximum absolute atomic E-state index is 11.6. The molecule has 0 saturated carbocycles. The SMILES string of the molecule is Cn1c(=O)sc2cc(C(O)c3ccc(C#N)cc3)ccc21. The summed E-state index contributed by atoms with van der Waals surface area (Å²) in [6.45, 7) is 0. The molecule has 0 radical (unpaired) electrons. The second-order valence-corrected chi connectivity index (χ2v) is 5.78. The largest absolute Gasteiger partial charge is 0.384 e. The summed E-state index contributed by atoms with van der Waals surface area (Å²) < 4.78 is 2.45. The molecule has 0 bridgehead atoms. The molecule has 1 unspecified atom stereocenters. The van der Waals surface area contributed by atoms with Crippen molar-refractivity contribution in [2.24, 2.45) is 7.05 Å². The van der Waals surface area contributed by atoms with Crippen LogP contribution in [0.25, 0.3) is 10.2 Å². The minimum Gasteiger partial charge on any atom is -0.384 e. The van der Waals surface area contributed by atoms with Crippen molar-refractivity contribution in [3.05, 3.63) is 68.8 Å². The molecule has 0 aliphatic heterocycles. The van der Waals surface area contributed by atoms with Crippen LogP contribution in [0.2, 0.25) is 0 Å². The molecule has 0 spiro atoms. The fourth-order valence-electron chi connectivity index (χ4n) is 2.25. The fraction of sp³-hybridized carbons (Fsp3) is 0.125. The summed E-state index contributed by atoms with van der Waals surface area (Å²) >= 11 is 1.16. The van der Waals surface area contributed by atoms with Crippen LogP contribution in [0.4, 0.5) is 0 Å². The molecule has 1 N–H and O–H groups in total. The molecule has 21 heavy (non-hydrogen) atoms. The summed E-state index contributed by atoms with van der Waals surface area (Å²) in [5, 5.41) is 19.2. The number of benzene rings is 2. The van der Waals surface area contributed by atoms with Crippen molar-refractivity contribution in [3.8, 4) is 6.07 Å². The van der Waals surface area contributed by atoms with E-state index in [0.717, 1.165) is 32.7 Å². The number of hydrogen-bond acceptors (Lipinski definition) is 4. The van der Waals surface area contributed by atoms with Gasteiger partial charge in [-0.1, -0.05) is 29.5 Å². The van der Waals surface area contributed by atoms with Gasteiger partial charge in [0.2, 0.25) is 0 Å². The zero-order chi connectivity index (χ0) is 15.0. The van der Waals surface area contributed by atoms with Crippen LogP contribution in [0.15, 0.2) is 47.3 Å². The van der Waals surface area contributed by atoms with Crippen LogP contribution in [0.3, 0.4) is 0 Å². The van der Waals surface area contributed by atoms with Gasteiger partial charge in [-0.2, -0.15) is 5.26 Å². The van der Waals surface area contributed by atoms with Crippen LogP contribution >= 0.6 is 11.3 Å². The lowest BCUT2D eigenvalue weighted by atomic mass is 10.0. The molecule has 0 aliphatic rings. The maximum atomic E-state index is 11.6. The van der Waals surface area contributed by atoms with Gasteiger partial charge in [0.15, 0.2) is 0 Å². The Balaban J connectivity index is 2.02. The quantitative estimate of drug-likeness (QED) is 0.790. The second kappa shape index (κ2) is 5.17. The van der Waals surface area contributed by atoms with E-state index in [1.807, 2.05) is 24.3 Å². The van der Waals surface area contributed by atoms with Crippen molar-refractivity contribution in [2.75, 3.05) is 0 Å². The topological polar surface area (TPSA) is 66.0 Å². The molecule has 3 aromatic rings. The average molecular weight is 296 g/mol. The van der Waals surface area contributed by atoms with Gasteiger partial charge in [0.05, 0.1) is 21.8 Å². The Morgan fingerprint density at radius 3 is 2.52 bits per heavy atom. The molecule has 4 nitrogen and oxygen atoms in total.